The van der Waals surface area contributed by atoms with Gasteiger partial charge in [-0.15, -0.1) is 0 Å². The molecule has 2 aliphatic rings. The number of rotatable bonds is 6. The number of carboxylic acid groups (broad SMARTS) is 1. The summed E-state index contributed by atoms with van der Waals surface area (Å²) in [6.07, 6.45) is 6.26. The number of fused-ring (bicyclic) bond motifs is 1. The molecule has 0 atom stereocenters. The monoisotopic (exact) mass is 463 g/mol. The number of sulfone groups is 1. The number of aromatic nitrogens is 2. The summed E-state index contributed by atoms with van der Waals surface area (Å²) in [5.74, 6) is 0.535. The zero-order chi connectivity index (χ0) is 23.2. The van der Waals surface area contributed by atoms with Crippen LogP contribution in [-0.2, 0) is 32.9 Å². The average molecular weight is 464 g/mol. The Labute approximate surface area is 192 Å². The van der Waals surface area contributed by atoms with Gasteiger partial charge in [0.05, 0.1) is 10.3 Å². The predicted molar refractivity (Wildman–Crippen MR) is 125 cm³/mol. The maximum atomic E-state index is 11.8. The third-order valence-electron chi connectivity index (χ3n) is 6.79. The molecule has 0 aliphatic heterocycles. The van der Waals surface area contributed by atoms with E-state index in [0.29, 0.717) is 18.7 Å². The first-order chi connectivity index (χ1) is 15.8. The van der Waals surface area contributed by atoms with Gasteiger partial charge in [-0.05, 0) is 74.1 Å². The van der Waals surface area contributed by atoms with Crippen LogP contribution in [0.3, 0.4) is 0 Å². The lowest BCUT2D eigenvalue weighted by Gasteiger charge is -2.38. The Bertz CT molecular complexity index is 1330. The molecule has 1 fully saturated rings. The molecule has 0 bridgehead atoms. The second-order valence-electron chi connectivity index (χ2n) is 8.91. The van der Waals surface area contributed by atoms with E-state index >= 15 is 0 Å². The molecule has 0 radical (unpaired) electrons. The van der Waals surface area contributed by atoms with Crippen molar-refractivity contribution < 1.29 is 18.3 Å². The summed E-state index contributed by atoms with van der Waals surface area (Å²) in [6, 6.07) is 14.2. The second kappa shape index (κ2) is 7.95. The largest absolute Gasteiger partial charge is 0.481 e. The summed E-state index contributed by atoms with van der Waals surface area (Å²) in [5.41, 5.74) is 3.78. The van der Waals surface area contributed by atoms with Gasteiger partial charge in [-0.1, -0.05) is 18.6 Å². The molecule has 3 aromatic rings. The first-order valence-electron chi connectivity index (χ1n) is 11.1. The van der Waals surface area contributed by atoms with Gasteiger partial charge in [-0.3, -0.25) is 4.79 Å². The molecule has 33 heavy (non-hydrogen) atoms. The van der Waals surface area contributed by atoms with Gasteiger partial charge in [-0.2, -0.15) is 0 Å². The number of aliphatic carboxylic acids is 1. The first-order valence-corrected chi connectivity index (χ1v) is 13.0. The number of hydrogen-bond donors (Lipinski definition) is 2. The third-order valence-corrected chi connectivity index (χ3v) is 7.92. The number of aryl methyl sites for hydroxylation is 1. The van der Waals surface area contributed by atoms with E-state index in [4.69, 9.17) is 9.97 Å². The Hall–Kier alpha value is -3.26. The number of carboxylic acids is 1. The molecule has 1 heterocycles. The van der Waals surface area contributed by atoms with Gasteiger partial charge >= 0.3 is 5.97 Å². The highest BCUT2D eigenvalue weighted by molar-refractivity contribution is 7.90. The van der Waals surface area contributed by atoms with E-state index in [9.17, 15) is 18.3 Å². The van der Waals surface area contributed by atoms with E-state index < -0.39 is 21.2 Å². The van der Waals surface area contributed by atoms with Crippen LogP contribution in [0, 0.1) is 0 Å². The summed E-state index contributed by atoms with van der Waals surface area (Å²) >= 11 is 0. The van der Waals surface area contributed by atoms with Crippen LogP contribution in [0.4, 0.5) is 11.5 Å². The Morgan fingerprint density at radius 3 is 2.24 bits per heavy atom. The standard InChI is InChI=1S/C25H25N3O4S/c1-33(31,32)19-12-6-16(7-13-19)22-27-21-5-2-4-20(21)23(28-22)26-18-10-8-17(9-11-18)25(24(29)30)14-3-15-25/h6-13H,2-5,14-15H2,1H3,(H,29,30)(H,26,27,28). The highest BCUT2D eigenvalue weighted by Gasteiger charge is 2.45. The molecule has 0 spiro atoms. The van der Waals surface area contributed by atoms with Crippen molar-refractivity contribution in [2.45, 2.75) is 48.8 Å². The van der Waals surface area contributed by atoms with Crippen LogP contribution in [-0.4, -0.2) is 35.7 Å². The third kappa shape index (κ3) is 3.88. The fourth-order valence-corrected chi connectivity index (χ4v) is 5.31. The van der Waals surface area contributed by atoms with Crippen molar-refractivity contribution in [3.05, 3.63) is 65.4 Å². The van der Waals surface area contributed by atoms with Gasteiger partial charge in [0.2, 0.25) is 0 Å². The van der Waals surface area contributed by atoms with Crippen molar-refractivity contribution in [2.75, 3.05) is 11.6 Å². The van der Waals surface area contributed by atoms with Gasteiger partial charge in [0.25, 0.3) is 0 Å². The quantitative estimate of drug-likeness (QED) is 0.561. The maximum Gasteiger partial charge on any atom is 0.314 e. The van der Waals surface area contributed by atoms with E-state index in [-0.39, 0.29) is 4.90 Å². The van der Waals surface area contributed by atoms with Crippen LogP contribution in [0.5, 0.6) is 0 Å². The number of hydrogen-bond acceptors (Lipinski definition) is 6. The number of anilines is 2. The highest BCUT2D eigenvalue weighted by Crippen LogP contribution is 2.44. The molecule has 0 unspecified atom stereocenters. The van der Waals surface area contributed by atoms with Crippen LogP contribution in [0.25, 0.3) is 11.4 Å². The molecule has 5 rings (SSSR count). The number of carbonyl (C=O) groups is 1. The topological polar surface area (TPSA) is 109 Å². The zero-order valence-corrected chi connectivity index (χ0v) is 19.2. The number of nitrogens with one attached hydrogen (secondary N) is 1. The zero-order valence-electron chi connectivity index (χ0n) is 18.3. The van der Waals surface area contributed by atoms with Gasteiger partial charge < -0.3 is 10.4 Å². The molecule has 0 saturated heterocycles. The van der Waals surface area contributed by atoms with E-state index in [1.807, 2.05) is 24.3 Å². The Balaban J connectivity index is 1.45. The Morgan fingerprint density at radius 2 is 1.67 bits per heavy atom. The van der Waals surface area contributed by atoms with Crippen molar-refractivity contribution in [1.29, 1.82) is 0 Å². The molecule has 0 amide bonds. The van der Waals surface area contributed by atoms with Crippen LogP contribution in [0.1, 0.15) is 42.5 Å². The normalized spacial score (nSPS) is 16.6. The summed E-state index contributed by atoms with van der Waals surface area (Å²) in [7, 11) is -3.27. The first kappa shape index (κ1) is 21.6. The molecule has 170 valence electrons. The van der Waals surface area contributed by atoms with Crippen molar-refractivity contribution >= 4 is 27.3 Å². The Kier molecular flexibility index (Phi) is 5.20. The van der Waals surface area contributed by atoms with Crippen LogP contribution in [0.15, 0.2) is 53.4 Å². The van der Waals surface area contributed by atoms with Gasteiger partial charge in [-0.25, -0.2) is 18.4 Å². The molecule has 1 aromatic heterocycles. The average Bonchev–Trinajstić information content (AvgIpc) is 3.22. The molecule has 8 heteroatoms. The van der Waals surface area contributed by atoms with E-state index in [0.717, 1.165) is 59.6 Å². The number of benzene rings is 2. The lowest BCUT2D eigenvalue weighted by molar-refractivity contribution is -0.147. The van der Waals surface area contributed by atoms with Crippen molar-refractivity contribution in [2.24, 2.45) is 0 Å². The molecular formula is C25H25N3O4S. The minimum absolute atomic E-state index is 0.261. The van der Waals surface area contributed by atoms with Gasteiger partial charge in [0.15, 0.2) is 15.7 Å². The van der Waals surface area contributed by atoms with Crippen molar-refractivity contribution in [3.8, 4) is 11.4 Å². The van der Waals surface area contributed by atoms with Gasteiger partial charge in [0, 0.05) is 28.8 Å². The lowest BCUT2D eigenvalue weighted by atomic mass is 9.64. The molecule has 2 N–H and O–H groups in total. The minimum Gasteiger partial charge on any atom is -0.481 e. The smallest absolute Gasteiger partial charge is 0.314 e. The molecule has 1 saturated carbocycles. The summed E-state index contributed by atoms with van der Waals surface area (Å²) in [6.45, 7) is 0. The lowest BCUT2D eigenvalue weighted by Crippen LogP contribution is -2.42. The summed E-state index contributed by atoms with van der Waals surface area (Å²) in [4.78, 5) is 21.5. The summed E-state index contributed by atoms with van der Waals surface area (Å²) < 4.78 is 23.5. The van der Waals surface area contributed by atoms with Gasteiger partial charge in [0.1, 0.15) is 5.82 Å². The van der Waals surface area contributed by atoms with Crippen LogP contribution < -0.4 is 5.32 Å². The SMILES string of the molecule is CS(=O)(=O)c1ccc(-c2nc3c(c(Nc4ccc(C5(C(=O)O)CCC5)cc4)n2)CCC3)cc1. The molecular weight excluding hydrogens is 438 g/mol. The highest BCUT2D eigenvalue weighted by atomic mass is 32.2. The van der Waals surface area contributed by atoms with Crippen molar-refractivity contribution in [1.82, 2.24) is 9.97 Å². The fraction of sp³-hybridized carbons (Fsp3) is 0.320. The molecule has 2 aliphatic carbocycles. The van der Waals surface area contributed by atoms with Crippen LogP contribution >= 0.6 is 0 Å². The van der Waals surface area contributed by atoms with Crippen molar-refractivity contribution in [3.63, 3.8) is 0 Å². The molecule has 7 nitrogen and oxygen atoms in total. The van der Waals surface area contributed by atoms with E-state index in [1.165, 1.54) is 6.26 Å². The predicted octanol–water partition coefficient (Wildman–Crippen LogP) is 4.29. The van der Waals surface area contributed by atoms with Crippen LogP contribution in [0.2, 0.25) is 0 Å². The minimum atomic E-state index is -3.27. The Morgan fingerprint density at radius 1 is 0.970 bits per heavy atom. The van der Waals surface area contributed by atoms with E-state index in [1.54, 1.807) is 24.3 Å². The number of nitrogens with zero attached hydrogens (tertiary/aromatic N) is 2. The summed E-state index contributed by atoms with van der Waals surface area (Å²) in [5, 5.41) is 13.1. The fourth-order valence-electron chi connectivity index (χ4n) is 4.68. The maximum absolute atomic E-state index is 11.8. The molecule has 2 aromatic carbocycles. The van der Waals surface area contributed by atoms with E-state index in [2.05, 4.69) is 5.32 Å². The second-order valence-corrected chi connectivity index (χ2v) is 10.9.